The number of hydrogen-bond acceptors (Lipinski definition) is 5. The van der Waals surface area contributed by atoms with Crippen LogP contribution in [0.5, 0.6) is 11.5 Å². The summed E-state index contributed by atoms with van der Waals surface area (Å²) in [7, 11) is 0. The first-order valence-corrected chi connectivity index (χ1v) is 6.65. The van der Waals surface area contributed by atoms with Gasteiger partial charge in [-0.2, -0.15) is 0 Å². The van der Waals surface area contributed by atoms with Crippen molar-refractivity contribution in [3.63, 3.8) is 0 Å². The molecule has 22 heavy (non-hydrogen) atoms. The smallest absolute Gasteiger partial charge is 0.292 e. The van der Waals surface area contributed by atoms with Crippen molar-refractivity contribution in [2.75, 3.05) is 18.9 Å². The Morgan fingerprint density at radius 3 is 2.55 bits per heavy atom. The summed E-state index contributed by atoms with van der Waals surface area (Å²) < 4.78 is 12.0. The van der Waals surface area contributed by atoms with Crippen molar-refractivity contribution in [2.45, 2.75) is 6.54 Å². The zero-order chi connectivity index (χ0) is 15.9. The van der Waals surface area contributed by atoms with Gasteiger partial charge in [0.1, 0.15) is 12.4 Å². The number of pyridine rings is 1. The van der Waals surface area contributed by atoms with E-state index >= 15 is 0 Å². The Bertz CT molecular complexity index is 695. The maximum Gasteiger partial charge on any atom is 0.292 e. The normalized spacial score (nSPS) is 10.2. The molecule has 0 unspecified atom stereocenters. The predicted molar refractivity (Wildman–Crippen MR) is 81.7 cm³/mol. The predicted octanol–water partition coefficient (Wildman–Crippen LogP) is 0.374. The molecule has 0 aliphatic rings. The fraction of sp³-hybridized carbons (Fsp3) is 0.200. The van der Waals surface area contributed by atoms with Crippen molar-refractivity contribution in [1.29, 1.82) is 0 Å². The van der Waals surface area contributed by atoms with E-state index in [-0.39, 0.29) is 17.9 Å². The number of carbonyl (C=O) groups excluding carboxylic acids is 1. The molecule has 1 aromatic heterocycles. The number of hydrogen-bond donors (Lipinski definition) is 2. The summed E-state index contributed by atoms with van der Waals surface area (Å²) in [5.74, 6) is 0.110. The Labute approximate surface area is 127 Å². The number of anilines is 1. The number of carbonyl (C=O) groups is 1. The molecule has 7 nitrogen and oxygen atoms in total. The van der Waals surface area contributed by atoms with Crippen molar-refractivity contribution in [1.82, 2.24) is 4.57 Å². The van der Waals surface area contributed by atoms with Crippen LogP contribution in [-0.2, 0) is 11.3 Å². The molecule has 0 aliphatic heterocycles. The van der Waals surface area contributed by atoms with Crippen LogP contribution in [0.15, 0.2) is 47.4 Å². The first kappa shape index (κ1) is 15.4. The zero-order valence-electron chi connectivity index (χ0n) is 11.9. The summed E-state index contributed by atoms with van der Waals surface area (Å²) in [6.07, 6.45) is 1.62. The number of primary amides is 1. The molecule has 1 heterocycles. The van der Waals surface area contributed by atoms with Crippen LogP contribution in [-0.4, -0.2) is 23.7 Å². The highest BCUT2D eigenvalue weighted by atomic mass is 16.5. The van der Waals surface area contributed by atoms with E-state index in [1.165, 1.54) is 10.6 Å². The molecule has 0 radical (unpaired) electrons. The first-order valence-electron chi connectivity index (χ1n) is 6.65. The number of nitrogens with two attached hydrogens (primary N) is 2. The Kier molecular flexibility index (Phi) is 5.02. The van der Waals surface area contributed by atoms with Gasteiger partial charge < -0.3 is 25.5 Å². The third-order valence-corrected chi connectivity index (χ3v) is 2.84. The largest absolute Gasteiger partial charge is 0.492 e. The molecule has 1 aromatic carbocycles. The molecular formula is C15H17N3O4. The van der Waals surface area contributed by atoms with Crippen LogP contribution in [0.25, 0.3) is 0 Å². The Morgan fingerprint density at radius 1 is 1.14 bits per heavy atom. The van der Waals surface area contributed by atoms with E-state index in [0.717, 1.165) is 0 Å². The van der Waals surface area contributed by atoms with Crippen molar-refractivity contribution >= 4 is 11.6 Å². The second kappa shape index (κ2) is 7.16. The van der Waals surface area contributed by atoms with Crippen LogP contribution in [0, 0.1) is 0 Å². The molecule has 116 valence electrons. The third-order valence-electron chi connectivity index (χ3n) is 2.84. The summed E-state index contributed by atoms with van der Waals surface area (Å²) in [6, 6.07) is 10.1. The number of aromatic nitrogens is 1. The Morgan fingerprint density at radius 2 is 1.86 bits per heavy atom. The standard InChI is InChI=1S/C15H17N3O4/c16-11-3-5-12(6-4-11)21-9-8-18-7-1-2-13(15(18)20)22-10-14(17)19/h1-7H,8-10,16H2,(H2,17,19). The number of benzene rings is 1. The Balaban J connectivity index is 1.95. The fourth-order valence-corrected chi connectivity index (χ4v) is 1.78. The fourth-order valence-electron chi connectivity index (χ4n) is 1.78. The first-order chi connectivity index (χ1) is 10.6. The van der Waals surface area contributed by atoms with E-state index in [0.29, 0.717) is 24.6 Å². The highest BCUT2D eigenvalue weighted by Gasteiger charge is 2.06. The van der Waals surface area contributed by atoms with E-state index in [2.05, 4.69) is 0 Å². The second-order valence-corrected chi connectivity index (χ2v) is 4.54. The maximum absolute atomic E-state index is 12.1. The lowest BCUT2D eigenvalue weighted by molar-refractivity contribution is -0.119. The van der Waals surface area contributed by atoms with Gasteiger partial charge in [-0.3, -0.25) is 9.59 Å². The lowest BCUT2D eigenvalue weighted by Crippen LogP contribution is -2.27. The van der Waals surface area contributed by atoms with Gasteiger partial charge in [-0.15, -0.1) is 0 Å². The van der Waals surface area contributed by atoms with Crippen LogP contribution < -0.4 is 26.5 Å². The third kappa shape index (κ3) is 4.27. The van der Waals surface area contributed by atoms with Gasteiger partial charge in [0.2, 0.25) is 0 Å². The Hall–Kier alpha value is -2.96. The van der Waals surface area contributed by atoms with E-state index < -0.39 is 5.91 Å². The summed E-state index contributed by atoms with van der Waals surface area (Å²) in [4.78, 5) is 22.8. The molecular weight excluding hydrogens is 286 g/mol. The van der Waals surface area contributed by atoms with E-state index in [1.54, 1.807) is 36.5 Å². The van der Waals surface area contributed by atoms with Crippen molar-refractivity contribution < 1.29 is 14.3 Å². The minimum absolute atomic E-state index is 0.0776. The quantitative estimate of drug-likeness (QED) is 0.718. The van der Waals surface area contributed by atoms with Crippen molar-refractivity contribution in [3.05, 3.63) is 52.9 Å². The summed E-state index contributed by atoms with van der Waals surface area (Å²) in [5.41, 5.74) is 10.9. The molecule has 0 fully saturated rings. The number of amides is 1. The molecule has 0 spiro atoms. The summed E-state index contributed by atoms with van der Waals surface area (Å²) in [5, 5.41) is 0. The van der Waals surface area contributed by atoms with Crippen LogP contribution >= 0.6 is 0 Å². The molecule has 0 atom stereocenters. The average Bonchev–Trinajstić information content (AvgIpc) is 2.49. The van der Waals surface area contributed by atoms with E-state index in [1.807, 2.05) is 0 Å². The van der Waals surface area contributed by atoms with Crippen LogP contribution in [0.1, 0.15) is 0 Å². The molecule has 7 heteroatoms. The summed E-state index contributed by atoms with van der Waals surface area (Å²) >= 11 is 0. The minimum Gasteiger partial charge on any atom is -0.492 e. The zero-order valence-corrected chi connectivity index (χ0v) is 11.9. The van der Waals surface area contributed by atoms with Crippen LogP contribution in [0.2, 0.25) is 0 Å². The molecule has 1 amide bonds. The molecule has 2 rings (SSSR count). The SMILES string of the molecule is NC(=O)COc1cccn(CCOc2ccc(N)cc2)c1=O. The molecule has 0 saturated heterocycles. The van der Waals surface area contributed by atoms with Crippen LogP contribution in [0.4, 0.5) is 5.69 Å². The highest BCUT2D eigenvalue weighted by molar-refractivity contribution is 5.75. The number of rotatable bonds is 7. The molecule has 2 aromatic rings. The molecule has 0 aliphatic carbocycles. The lowest BCUT2D eigenvalue weighted by Gasteiger charge is -2.10. The number of nitrogens with zero attached hydrogens (tertiary/aromatic N) is 1. The van der Waals surface area contributed by atoms with E-state index in [4.69, 9.17) is 20.9 Å². The summed E-state index contributed by atoms with van der Waals surface area (Å²) in [6.45, 7) is 0.321. The van der Waals surface area contributed by atoms with E-state index in [9.17, 15) is 9.59 Å². The highest BCUT2D eigenvalue weighted by Crippen LogP contribution is 2.12. The monoisotopic (exact) mass is 303 g/mol. The van der Waals surface area contributed by atoms with Gasteiger partial charge in [0.25, 0.3) is 11.5 Å². The second-order valence-electron chi connectivity index (χ2n) is 4.54. The van der Waals surface area contributed by atoms with Crippen LogP contribution in [0.3, 0.4) is 0 Å². The van der Waals surface area contributed by atoms with Gasteiger partial charge in [0, 0.05) is 11.9 Å². The molecule has 0 bridgehead atoms. The van der Waals surface area contributed by atoms with Gasteiger partial charge in [-0.1, -0.05) is 0 Å². The lowest BCUT2D eigenvalue weighted by atomic mass is 10.3. The minimum atomic E-state index is -0.638. The number of nitrogen functional groups attached to an aromatic ring is 1. The van der Waals surface area contributed by atoms with Gasteiger partial charge >= 0.3 is 0 Å². The topological polar surface area (TPSA) is 110 Å². The average molecular weight is 303 g/mol. The van der Waals surface area contributed by atoms with Gasteiger partial charge in [-0.05, 0) is 36.4 Å². The maximum atomic E-state index is 12.1. The van der Waals surface area contributed by atoms with Crippen molar-refractivity contribution in [3.8, 4) is 11.5 Å². The molecule has 0 saturated carbocycles. The molecule has 4 N–H and O–H groups in total. The van der Waals surface area contributed by atoms with Crippen molar-refractivity contribution in [2.24, 2.45) is 5.73 Å². The van der Waals surface area contributed by atoms with Gasteiger partial charge in [0.15, 0.2) is 12.4 Å². The van der Waals surface area contributed by atoms with Gasteiger partial charge in [0.05, 0.1) is 6.54 Å². The number of ether oxygens (including phenoxy) is 2. The van der Waals surface area contributed by atoms with Gasteiger partial charge in [-0.25, -0.2) is 0 Å².